The highest BCUT2D eigenvalue weighted by atomic mass is 79.9. The van der Waals surface area contributed by atoms with E-state index in [0.717, 1.165) is 4.88 Å². The summed E-state index contributed by atoms with van der Waals surface area (Å²) in [6, 6.07) is 3.50. The Morgan fingerprint density at radius 3 is 2.71 bits per heavy atom. The molecule has 0 saturated carbocycles. The van der Waals surface area contributed by atoms with Gasteiger partial charge in [-0.05, 0) is 19.1 Å². The third-order valence-electron chi connectivity index (χ3n) is 1.88. The molecule has 1 unspecified atom stereocenters. The van der Waals surface area contributed by atoms with Crippen LogP contribution < -0.4 is 5.73 Å². The maximum atomic E-state index is 11.3. The van der Waals surface area contributed by atoms with E-state index < -0.39 is 0 Å². The predicted molar refractivity (Wildman–Crippen MR) is 60.1 cm³/mol. The van der Waals surface area contributed by atoms with Crippen molar-refractivity contribution in [3.63, 3.8) is 0 Å². The number of halogens is 1. The van der Waals surface area contributed by atoms with Gasteiger partial charge in [-0.1, -0.05) is 15.9 Å². The molecular weight excluding hydrogens is 266 g/mol. The smallest absolute Gasteiger partial charge is 0.225 e. The van der Waals surface area contributed by atoms with Crippen LogP contribution in [0.1, 0.15) is 27.4 Å². The van der Waals surface area contributed by atoms with Crippen molar-refractivity contribution in [3.05, 3.63) is 21.9 Å². The molecule has 0 aliphatic carbocycles. The molecule has 14 heavy (non-hydrogen) atoms. The van der Waals surface area contributed by atoms with Crippen molar-refractivity contribution < 1.29 is 9.59 Å². The molecule has 0 aliphatic rings. The fourth-order valence-electron chi connectivity index (χ4n) is 0.941. The summed E-state index contributed by atoms with van der Waals surface area (Å²) < 4.78 is 0. The van der Waals surface area contributed by atoms with E-state index >= 15 is 0 Å². The molecule has 0 fully saturated rings. The summed E-state index contributed by atoms with van der Waals surface area (Å²) in [5.41, 5.74) is 5.16. The van der Waals surface area contributed by atoms with Crippen LogP contribution in [0.15, 0.2) is 12.1 Å². The highest BCUT2D eigenvalue weighted by Gasteiger charge is 2.15. The van der Waals surface area contributed by atoms with Gasteiger partial charge in [0.25, 0.3) is 0 Å². The van der Waals surface area contributed by atoms with Crippen LogP contribution in [0.4, 0.5) is 0 Å². The fraction of sp³-hybridized carbons (Fsp3) is 0.333. The Morgan fingerprint density at radius 1 is 1.57 bits per heavy atom. The van der Waals surface area contributed by atoms with Crippen molar-refractivity contribution in [2.24, 2.45) is 5.73 Å². The maximum absolute atomic E-state index is 11.3. The van der Waals surface area contributed by atoms with Gasteiger partial charge in [-0.2, -0.15) is 0 Å². The van der Waals surface area contributed by atoms with E-state index in [0.29, 0.717) is 10.2 Å². The van der Waals surface area contributed by atoms with Crippen molar-refractivity contribution in [1.82, 2.24) is 0 Å². The highest BCUT2D eigenvalue weighted by molar-refractivity contribution is 9.09. The minimum absolute atomic E-state index is 0.0259. The van der Waals surface area contributed by atoms with Crippen LogP contribution in [-0.4, -0.2) is 17.0 Å². The molecule has 1 rings (SSSR count). The second-order valence-electron chi connectivity index (χ2n) is 2.88. The number of carbonyl (C=O) groups is 2. The zero-order chi connectivity index (χ0) is 10.7. The molecule has 2 N–H and O–H groups in total. The average Bonchev–Trinajstić information content (AvgIpc) is 2.64. The Morgan fingerprint density at radius 2 is 2.21 bits per heavy atom. The topological polar surface area (TPSA) is 60.2 Å². The van der Waals surface area contributed by atoms with Gasteiger partial charge in [0.1, 0.15) is 0 Å². The van der Waals surface area contributed by atoms with Crippen molar-refractivity contribution in [2.75, 3.05) is 5.33 Å². The molecule has 1 amide bonds. The Balaban J connectivity index is 2.88. The van der Waals surface area contributed by atoms with E-state index in [1.807, 2.05) is 0 Å². The third kappa shape index (κ3) is 2.42. The zero-order valence-electron chi connectivity index (χ0n) is 7.62. The quantitative estimate of drug-likeness (QED) is 0.674. The molecule has 0 aliphatic heterocycles. The number of ketones is 1. The van der Waals surface area contributed by atoms with Crippen LogP contribution in [0.5, 0.6) is 0 Å². The first-order valence-electron chi connectivity index (χ1n) is 4.04. The molecule has 0 bridgehead atoms. The van der Waals surface area contributed by atoms with Gasteiger partial charge >= 0.3 is 0 Å². The molecule has 3 nitrogen and oxygen atoms in total. The standard InChI is InChI=1S/C9H10BrNO2S/c1-5(9(11)13)7-2-3-8(14-7)6(12)4-10/h2-3,5H,4H2,1H3,(H2,11,13). The van der Waals surface area contributed by atoms with Crippen LogP contribution in [-0.2, 0) is 4.79 Å². The molecular formula is C9H10BrNO2S. The molecule has 0 radical (unpaired) electrons. The van der Waals surface area contributed by atoms with Crippen LogP contribution in [0.25, 0.3) is 0 Å². The number of alkyl halides is 1. The number of primary amides is 1. The molecule has 0 aromatic carbocycles. The normalized spacial score (nSPS) is 12.4. The maximum Gasteiger partial charge on any atom is 0.225 e. The highest BCUT2D eigenvalue weighted by Crippen LogP contribution is 2.25. The first-order valence-corrected chi connectivity index (χ1v) is 5.98. The number of hydrogen-bond acceptors (Lipinski definition) is 3. The summed E-state index contributed by atoms with van der Waals surface area (Å²) in [7, 11) is 0. The van der Waals surface area contributed by atoms with Crippen LogP contribution in [0.3, 0.4) is 0 Å². The number of hydrogen-bond donors (Lipinski definition) is 1. The minimum Gasteiger partial charge on any atom is -0.369 e. The van der Waals surface area contributed by atoms with Gasteiger partial charge in [-0.3, -0.25) is 9.59 Å². The second-order valence-corrected chi connectivity index (χ2v) is 4.56. The van der Waals surface area contributed by atoms with Gasteiger partial charge in [0.15, 0.2) is 5.78 Å². The van der Waals surface area contributed by atoms with Crippen LogP contribution in [0, 0.1) is 0 Å². The summed E-state index contributed by atoms with van der Waals surface area (Å²) in [5.74, 6) is -0.667. The first-order chi connectivity index (χ1) is 6.56. The number of Topliss-reactive ketones (excluding diaryl/α,β-unsaturated/α-hetero) is 1. The van der Waals surface area contributed by atoms with Gasteiger partial charge in [0.05, 0.1) is 16.1 Å². The summed E-state index contributed by atoms with van der Waals surface area (Å²) in [4.78, 5) is 23.6. The van der Waals surface area contributed by atoms with E-state index in [9.17, 15) is 9.59 Å². The molecule has 1 atom stereocenters. The zero-order valence-corrected chi connectivity index (χ0v) is 10.0. The lowest BCUT2D eigenvalue weighted by Crippen LogP contribution is -2.17. The van der Waals surface area contributed by atoms with Crippen molar-refractivity contribution >= 4 is 39.0 Å². The Hall–Kier alpha value is -0.680. The van der Waals surface area contributed by atoms with Crippen molar-refractivity contribution in [3.8, 4) is 0 Å². The van der Waals surface area contributed by atoms with Gasteiger partial charge in [-0.15, -0.1) is 11.3 Å². The SMILES string of the molecule is CC(C(N)=O)c1ccc(C(=O)CBr)s1. The number of carbonyl (C=O) groups excluding carboxylic acids is 2. The minimum atomic E-state index is -0.371. The first kappa shape index (κ1) is 11.4. The van der Waals surface area contributed by atoms with E-state index in [4.69, 9.17) is 5.73 Å². The van der Waals surface area contributed by atoms with Gasteiger partial charge in [-0.25, -0.2) is 0 Å². The summed E-state index contributed by atoms with van der Waals surface area (Å²) in [6.45, 7) is 1.73. The fourth-order valence-corrected chi connectivity index (χ4v) is 2.43. The summed E-state index contributed by atoms with van der Waals surface area (Å²) in [5, 5.41) is 0.303. The van der Waals surface area contributed by atoms with Gasteiger partial charge < -0.3 is 5.73 Å². The number of amides is 1. The van der Waals surface area contributed by atoms with E-state index in [1.165, 1.54) is 11.3 Å². The monoisotopic (exact) mass is 275 g/mol. The number of nitrogens with two attached hydrogens (primary N) is 1. The van der Waals surface area contributed by atoms with Crippen LogP contribution in [0.2, 0.25) is 0 Å². The van der Waals surface area contributed by atoms with E-state index in [-0.39, 0.29) is 17.6 Å². The Labute approximate surface area is 94.4 Å². The molecule has 1 heterocycles. The van der Waals surface area contributed by atoms with E-state index in [2.05, 4.69) is 15.9 Å². The lowest BCUT2D eigenvalue weighted by Gasteiger charge is -2.01. The molecule has 1 aromatic heterocycles. The van der Waals surface area contributed by atoms with Crippen molar-refractivity contribution in [2.45, 2.75) is 12.8 Å². The van der Waals surface area contributed by atoms with Gasteiger partial charge in [0, 0.05) is 4.88 Å². The largest absolute Gasteiger partial charge is 0.369 e. The average molecular weight is 276 g/mol. The van der Waals surface area contributed by atoms with Crippen molar-refractivity contribution in [1.29, 1.82) is 0 Å². The second kappa shape index (κ2) is 4.70. The molecule has 0 saturated heterocycles. The summed E-state index contributed by atoms with van der Waals surface area (Å²) >= 11 is 4.41. The Kier molecular flexibility index (Phi) is 3.83. The predicted octanol–water partition coefficient (Wildman–Crippen LogP) is 1.91. The van der Waals surface area contributed by atoms with Gasteiger partial charge in [0.2, 0.25) is 5.91 Å². The number of thiophene rings is 1. The lowest BCUT2D eigenvalue weighted by molar-refractivity contribution is -0.119. The summed E-state index contributed by atoms with van der Waals surface area (Å²) in [6.07, 6.45) is 0. The molecule has 5 heteroatoms. The number of rotatable bonds is 4. The molecule has 1 aromatic rings. The third-order valence-corrected chi connectivity index (χ3v) is 3.69. The van der Waals surface area contributed by atoms with Crippen LogP contribution >= 0.6 is 27.3 Å². The molecule has 76 valence electrons. The van der Waals surface area contributed by atoms with E-state index in [1.54, 1.807) is 19.1 Å². The Bertz CT molecular complexity index is 361. The molecule has 0 spiro atoms. The lowest BCUT2D eigenvalue weighted by atomic mass is 10.1.